The van der Waals surface area contributed by atoms with E-state index in [-0.39, 0.29) is 6.04 Å². The van der Waals surface area contributed by atoms with E-state index in [1.807, 2.05) is 25.3 Å². The lowest BCUT2D eigenvalue weighted by atomic mass is 9.91. The molecule has 0 spiro atoms. The zero-order valence-electron chi connectivity index (χ0n) is 20.4. The molecule has 3 aromatic carbocycles. The van der Waals surface area contributed by atoms with Gasteiger partial charge in [0.25, 0.3) is 0 Å². The molecule has 6 rings (SSSR count). The van der Waals surface area contributed by atoms with Gasteiger partial charge in [0.15, 0.2) is 0 Å². The van der Waals surface area contributed by atoms with Crippen molar-refractivity contribution < 1.29 is 0 Å². The number of aryl methyl sites for hydroxylation is 2. The Hall–Kier alpha value is -3.67. The number of hydrogen-bond acceptors (Lipinski definition) is 4. The van der Waals surface area contributed by atoms with Crippen LogP contribution in [0.15, 0.2) is 66.9 Å². The van der Waals surface area contributed by atoms with E-state index < -0.39 is 0 Å². The van der Waals surface area contributed by atoms with Crippen molar-refractivity contribution in [2.75, 3.05) is 5.73 Å². The molecule has 6 heteroatoms. The van der Waals surface area contributed by atoms with Gasteiger partial charge in [0.05, 0.1) is 11.9 Å². The first-order chi connectivity index (χ1) is 17.4. The van der Waals surface area contributed by atoms with E-state index in [4.69, 9.17) is 28.1 Å². The maximum absolute atomic E-state index is 6.50. The lowest BCUT2D eigenvalue weighted by molar-refractivity contribution is 0.613. The Labute approximate surface area is 215 Å². The van der Waals surface area contributed by atoms with Crippen molar-refractivity contribution in [3.63, 3.8) is 0 Å². The minimum atomic E-state index is 0.221. The first-order valence-corrected chi connectivity index (χ1v) is 12.7. The number of aromatic nitrogens is 3. The minimum Gasteiger partial charge on any atom is -0.382 e. The highest BCUT2D eigenvalue weighted by Crippen LogP contribution is 2.40. The van der Waals surface area contributed by atoms with Crippen molar-refractivity contribution in [2.24, 2.45) is 5.73 Å². The Morgan fingerprint density at radius 3 is 2.47 bits per heavy atom. The van der Waals surface area contributed by atoms with Gasteiger partial charge in [0.1, 0.15) is 22.9 Å². The van der Waals surface area contributed by atoms with Gasteiger partial charge in [-0.15, -0.1) is 0 Å². The average molecular weight is 494 g/mol. The predicted molar refractivity (Wildman–Crippen MR) is 150 cm³/mol. The molecule has 1 aliphatic rings. The molecule has 180 valence electrons. The number of nitrogen functional groups attached to an aromatic ring is 1. The number of imidazole rings is 1. The molecule has 0 bridgehead atoms. The third-order valence-electron chi connectivity index (χ3n) is 7.30. The summed E-state index contributed by atoms with van der Waals surface area (Å²) in [7, 11) is 0. The largest absolute Gasteiger partial charge is 0.382 e. The summed E-state index contributed by atoms with van der Waals surface area (Å²) in [5, 5.41) is 2.98. The number of nitrogens with two attached hydrogens (primary N) is 2. The van der Waals surface area contributed by atoms with Crippen LogP contribution in [-0.4, -0.2) is 20.4 Å². The first kappa shape index (κ1) is 22.8. The van der Waals surface area contributed by atoms with Crippen LogP contribution in [0.1, 0.15) is 36.3 Å². The van der Waals surface area contributed by atoms with Crippen molar-refractivity contribution in [3.05, 3.63) is 89.0 Å². The number of fused-ring (bicyclic) bond motifs is 2. The summed E-state index contributed by atoms with van der Waals surface area (Å²) in [4.78, 5) is 9.64. The zero-order valence-corrected chi connectivity index (χ0v) is 21.2. The Balaban J connectivity index is 1.60. The summed E-state index contributed by atoms with van der Waals surface area (Å²) in [5.41, 5.74) is 21.1. The molecule has 2 aromatic heterocycles. The van der Waals surface area contributed by atoms with E-state index in [0.717, 1.165) is 74.5 Å². The number of halogens is 1. The highest BCUT2D eigenvalue weighted by molar-refractivity contribution is 6.31. The fourth-order valence-corrected chi connectivity index (χ4v) is 5.61. The zero-order chi connectivity index (χ0) is 25.0. The fourth-order valence-electron chi connectivity index (χ4n) is 5.44. The lowest BCUT2D eigenvalue weighted by Crippen LogP contribution is -2.21. The first-order valence-electron chi connectivity index (χ1n) is 12.3. The molecule has 0 saturated heterocycles. The summed E-state index contributed by atoms with van der Waals surface area (Å²) in [6.07, 6.45) is 6.86. The van der Waals surface area contributed by atoms with Crippen LogP contribution in [0.3, 0.4) is 0 Å². The fraction of sp³-hybridized carbons (Fsp3) is 0.200. The number of benzene rings is 3. The SMILES string of the molecule is Cc1ccc(Cl)cc1-c1ccc(-c2nc(C)n3c(C4=CCC(N)CC4)cnc(N)c23)c2ccccc12. The molecule has 4 N–H and O–H groups in total. The molecule has 1 atom stereocenters. The van der Waals surface area contributed by atoms with Gasteiger partial charge in [0.2, 0.25) is 0 Å². The van der Waals surface area contributed by atoms with E-state index in [1.165, 1.54) is 11.1 Å². The molecule has 0 aliphatic heterocycles. The Morgan fingerprint density at radius 2 is 1.72 bits per heavy atom. The van der Waals surface area contributed by atoms with E-state index in [0.29, 0.717) is 5.82 Å². The van der Waals surface area contributed by atoms with Gasteiger partial charge in [-0.3, -0.25) is 4.40 Å². The molecule has 36 heavy (non-hydrogen) atoms. The number of allylic oxidation sites excluding steroid dienone is 1. The van der Waals surface area contributed by atoms with Crippen molar-refractivity contribution in [1.82, 2.24) is 14.4 Å². The van der Waals surface area contributed by atoms with Crippen LogP contribution >= 0.6 is 11.6 Å². The monoisotopic (exact) mass is 493 g/mol. The topological polar surface area (TPSA) is 82.2 Å². The van der Waals surface area contributed by atoms with E-state index in [2.05, 4.69) is 64.8 Å². The van der Waals surface area contributed by atoms with Crippen LogP contribution in [0.4, 0.5) is 5.82 Å². The molecule has 0 saturated carbocycles. The molecule has 0 fully saturated rings. The van der Waals surface area contributed by atoms with Gasteiger partial charge in [-0.1, -0.05) is 60.1 Å². The van der Waals surface area contributed by atoms with E-state index >= 15 is 0 Å². The van der Waals surface area contributed by atoms with Crippen LogP contribution in [0, 0.1) is 13.8 Å². The maximum atomic E-state index is 6.50. The normalized spacial score (nSPS) is 16.0. The minimum absolute atomic E-state index is 0.221. The van der Waals surface area contributed by atoms with Gasteiger partial charge in [-0.25, -0.2) is 9.97 Å². The number of nitrogens with zero attached hydrogens (tertiary/aromatic N) is 3. The summed E-state index contributed by atoms with van der Waals surface area (Å²) >= 11 is 6.37. The van der Waals surface area contributed by atoms with Crippen LogP contribution in [-0.2, 0) is 0 Å². The summed E-state index contributed by atoms with van der Waals surface area (Å²) in [5.74, 6) is 1.36. The van der Waals surface area contributed by atoms with Crippen LogP contribution < -0.4 is 11.5 Å². The lowest BCUT2D eigenvalue weighted by Gasteiger charge is -2.20. The van der Waals surface area contributed by atoms with Gasteiger partial charge in [-0.05, 0) is 78.3 Å². The predicted octanol–water partition coefficient (Wildman–Crippen LogP) is 6.96. The molecule has 1 unspecified atom stereocenters. The van der Waals surface area contributed by atoms with Gasteiger partial charge < -0.3 is 11.5 Å². The molecule has 5 aromatic rings. The van der Waals surface area contributed by atoms with Gasteiger partial charge in [0, 0.05) is 16.6 Å². The molecule has 0 amide bonds. The maximum Gasteiger partial charge on any atom is 0.150 e. The molecule has 2 heterocycles. The van der Waals surface area contributed by atoms with Crippen LogP contribution in [0.5, 0.6) is 0 Å². The number of anilines is 1. The molecular weight excluding hydrogens is 466 g/mol. The van der Waals surface area contributed by atoms with Crippen molar-refractivity contribution in [1.29, 1.82) is 0 Å². The van der Waals surface area contributed by atoms with E-state index in [9.17, 15) is 0 Å². The Kier molecular flexibility index (Phi) is 5.55. The second kappa shape index (κ2) is 8.77. The molecule has 1 aliphatic carbocycles. The molecule has 0 radical (unpaired) electrons. The summed E-state index contributed by atoms with van der Waals surface area (Å²) in [6.45, 7) is 4.14. The van der Waals surface area contributed by atoms with Crippen LogP contribution in [0.2, 0.25) is 5.02 Å². The van der Waals surface area contributed by atoms with Gasteiger partial charge >= 0.3 is 0 Å². The quantitative estimate of drug-likeness (QED) is 0.284. The summed E-state index contributed by atoms with van der Waals surface area (Å²) < 4.78 is 2.16. The number of hydrogen-bond donors (Lipinski definition) is 2. The third-order valence-corrected chi connectivity index (χ3v) is 7.54. The van der Waals surface area contributed by atoms with Gasteiger partial charge in [-0.2, -0.15) is 0 Å². The van der Waals surface area contributed by atoms with Crippen molar-refractivity contribution in [3.8, 4) is 22.4 Å². The highest BCUT2D eigenvalue weighted by atomic mass is 35.5. The second-order valence-electron chi connectivity index (χ2n) is 9.65. The summed E-state index contributed by atoms with van der Waals surface area (Å²) in [6, 6.07) is 19.0. The Morgan fingerprint density at radius 1 is 0.972 bits per heavy atom. The third kappa shape index (κ3) is 3.67. The highest BCUT2D eigenvalue weighted by Gasteiger charge is 2.22. The molecule has 5 nitrogen and oxygen atoms in total. The standard InChI is InChI=1S/C30H28ClN5/c1-17-7-10-20(31)15-26(17)24-13-14-25(23-6-4-3-5-22(23)24)28-29-30(33)34-16-27(36(29)18(2)35-28)19-8-11-21(32)12-9-19/h3-8,10,13-16,21H,9,11-12,32H2,1-2H3,(H2,33,34). The second-order valence-corrected chi connectivity index (χ2v) is 10.1. The smallest absolute Gasteiger partial charge is 0.150 e. The van der Waals surface area contributed by atoms with E-state index in [1.54, 1.807) is 0 Å². The van der Waals surface area contributed by atoms with Crippen LogP contribution in [0.25, 0.3) is 44.2 Å². The van der Waals surface area contributed by atoms with Crippen molar-refractivity contribution in [2.45, 2.75) is 39.2 Å². The van der Waals surface area contributed by atoms with Crippen molar-refractivity contribution >= 4 is 39.3 Å². The Bertz CT molecular complexity index is 1680. The number of rotatable bonds is 3. The molecular formula is C30H28ClN5. The average Bonchev–Trinajstić information content (AvgIpc) is 3.23.